The minimum atomic E-state index is -0.661. The minimum absolute atomic E-state index is 0.363. The molecule has 1 saturated heterocycles. The fraction of sp³-hybridized carbons (Fsp3) is 0.409. The molecule has 0 atom stereocenters. The molecule has 0 aliphatic carbocycles. The Kier molecular flexibility index (Phi) is 6.23. The van der Waals surface area contributed by atoms with Gasteiger partial charge in [-0.15, -0.1) is 0 Å². The first-order chi connectivity index (χ1) is 13.3. The van der Waals surface area contributed by atoms with Gasteiger partial charge in [0, 0.05) is 11.0 Å². The van der Waals surface area contributed by atoms with Crippen LogP contribution in [0, 0.1) is 0 Å². The van der Waals surface area contributed by atoms with E-state index in [0.717, 1.165) is 11.8 Å². The van der Waals surface area contributed by atoms with Gasteiger partial charge in [-0.1, -0.05) is 42.5 Å². The van der Waals surface area contributed by atoms with E-state index >= 15 is 0 Å². The van der Waals surface area contributed by atoms with Gasteiger partial charge in [0.25, 0.3) is 0 Å². The molecule has 6 heteroatoms. The zero-order valence-corrected chi connectivity index (χ0v) is 16.9. The van der Waals surface area contributed by atoms with Crippen LogP contribution >= 0.6 is 0 Å². The number of rotatable bonds is 8. The summed E-state index contributed by atoms with van der Waals surface area (Å²) in [5, 5.41) is 0. The van der Waals surface area contributed by atoms with Crippen LogP contribution < -0.4 is 10.2 Å². The third-order valence-corrected chi connectivity index (χ3v) is 5.31. The lowest BCUT2D eigenvalue weighted by Gasteiger charge is -2.32. The second-order valence-corrected chi connectivity index (χ2v) is 7.85. The predicted octanol–water partition coefficient (Wildman–Crippen LogP) is 3.39. The van der Waals surface area contributed by atoms with E-state index in [9.17, 15) is 4.79 Å². The second kappa shape index (κ2) is 8.47. The molecule has 0 N–H and O–H groups in total. The average Bonchev–Trinajstić information content (AvgIpc) is 2.89. The molecule has 28 heavy (non-hydrogen) atoms. The largest absolute Gasteiger partial charge is 0.499 e. The number of carbonyl (C=O) groups is 1. The van der Waals surface area contributed by atoms with Gasteiger partial charge in [0.2, 0.25) is 0 Å². The summed E-state index contributed by atoms with van der Waals surface area (Å²) in [6.45, 7) is 9.25. The van der Waals surface area contributed by atoms with E-state index in [0.29, 0.717) is 36.6 Å². The van der Waals surface area contributed by atoms with E-state index in [1.165, 1.54) is 0 Å². The average molecular weight is 382 g/mol. The maximum Gasteiger partial charge on any atom is 0.499 e. The molecular formula is C22H27BO5. The van der Waals surface area contributed by atoms with Gasteiger partial charge >= 0.3 is 7.12 Å². The highest BCUT2D eigenvalue weighted by molar-refractivity contribution is 6.64. The Balaban J connectivity index is 1.66. The smallest absolute Gasteiger partial charge is 0.492 e. The highest BCUT2D eigenvalue weighted by Gasteiger charge is 2.53. The lowest BCUT2D eigenvalue weighted by Crippen LogP contribution is -2.41. The van der Waals surface area contributed by atoms with Gasteiger partial charge in [0.1, 0.15) is 18.6 Å². The number of ether oxygens (including phenoxy) is 2. The summed E-state index contributed by atoms with van der Waals surface area (Å²) in [4.78, 5) is 11.6. The molecule has 1 aliphatic heterocycles. The number of hydrogen-bond donors (Lipinski definition) is 0. The van der Waals surface area contributed by atoms with Gasteiger partial charge < -0.3 is 18.8 Å². The zero-order valence-electron chi connectivity index (χ0n) is 16.9. The Labute approximate surface area is 167 Å². The van der Waals surface area contributed by atoms with Crippen molar-refractivity contribution in [1.82, 2.24) is 0 Å². The van der Waals surface area contributed by atoms with Gasteiger partial charge in [0.05, 0.1) is 24.4 Å². The molecule has 0 spiro atoms. The molecule has 0 bridgehead atoms. The molecule has 0 aromatic heterocycles. The lowest BCUT2D eigenvalue weighted by atomic mass is 9.75. The quantitative estimate of drug-likeness (QED) is 0.398. The van der Waals surface area contributed by atoms with E-state index in [1.807, 2.05) is 64.1 Å². The van der Waals surface area contributed by atoms with Crippen molar-refractivity contribution >= 4 is 18.9 Å². The SMILES string of the molecule is CC1(C)OB(c2c(C=O)cccc2OCCOCc2ccccc2)OC1(C)C. The summed E-state index contributed by atoms with van der Waals surface area (Å²) in [6.07, 6.45) is 0.805. The normalized spacial score (nSPS) is 17.5. The summed E-state index contributed by atoms with van der Waals surface area (Å²) >= 11 is 0. The maximum absolute atomic E-state index is 11.6. The number of hydrogen-bond acceptors (Lipinski definition) is 5. The van der Waals surface area contributed by atoms with Crippen LogP contribution in [0.4, 0.5) is 0 Å². The van der Waals surface area contributed by atoms with Gasteiger partial charge in [-0.25, -0.2) is 0 Å². The zero-order chi connectivity index (χ0) is 20.2. The van der Waals surface area contributed by atoms with Crippen molar-refractivity contribution in [2.24, 2.45) is 0 Å². The Bertz CT molecular complexity index is 788. The van der Waals surface area contributed by atoms with Crippen LogP contribution in [0.1, 0.15) is 43.6 Å². The number of carbonyl (C=O) groups excluding carboxylic acids is 1. The summed E-state index contributed by atoms with van der Waals surface area (Å²) < 4.78 is 23.8. The molecule has 0 saturated carbocycles. The standard InChI is InChI=1S/C22H27BO5/c1-21(2)22(3,4)28-23(27-21)20-18(15-24)11-8-12-19(20)26-14-13-25-16-17-9-6-5-7-10-17/h5-12,15H,13-14,16H2,1-4H3. The minimum Gasteiger partial charge on any atom is -0.492 e. The van der Waals surface area contributed by atoms with E-state index < -0.39 is 18.3 Å². The van der Waals surface area contributed by atoms with E-state index in [1.54, 1.807) is 12.1 Å². The van der Waals surface area contributed by atoms with Crippen molar-refractivity contribution in [1.29, 1.82) is 0 Å². The third-order valence-electron chi connectivity index (χ3n) is 5.31. The van der Waals surface area contributed by atoms with Crippen LogP contribution in [0.3, 0.4) is 0 Å². The molecule has 0 amide bonds. The van der Waals surface area contributed by atoms with Gasteiger partial charge in [-0.2, -0.15) is 0 Å². The Morgan fingerprint density at radius 2 is 1.61 bits per heavy atom. The van der Waals surface area contributed by atoms with Crippen molar-refractivity contribution in [2.45, 2.75) is 45.5 Å². The molecule has 3 rings (SSSR count). The van der Waals surface area contributed by atoms with Gasteiger partial charge in [-0.3, -0.25) is 4.79 Å². The van der Waals surface area contributed by atoms with Crippen LogP contribution in [0.2, 0.25) is 0 Å². The monoisotopic (exact) mass is 382 g/mol. The van der Waals surface area contributed by atoms with E-state index in [-0.39, 0.29) is 0 Å². The van der Waals surface area contributed by atoms with Crippen molar-refractivity contribution in [2.75, 3.05) is 13.2 Å². The molecule has 148 valence electrons. The first-order valence-corrected chi connectivity index (χ1v) is 9.52. The summed E-state index contributed by atoms with van der Waals surface area (Å²) in [5.74, 6) is 0.575. The first-order valence-electron chi connectivity index (χ1n) is 9.52. The van der Waals surface area contributed by atoms with Crippen molar-refractivity contribution in [3.63, 3.8) is 0 Å². The third kappa shape index (κ3) is 4.46. The van der Waals surface area contributed by atoms with Crippen LogP contribution in [0.5, 0.6) is 5.75 Å². The number of aldehydes is 1. The lowest BCUT2D eigenvalue weighted by molar-refractivity contribution is 0.00578. The molecule has 0 unspecified atom stereocenters. The van der Waals surface area contributed by atoms with E-state index in [4.69, 9.17) is 18.8 Å². The van der Waals surface area contributed by atoms with Crippen molar-refractivity contribution in [3.8, 4) is 5.75 Å². The molecule has 0 radical (unpaired) electrons. The highest BCUT2D eigenvalue weighted by Crippen LogP contribution is 2.37. The van der Waals surface area contributed by atoms with Gasteiger partial charge in [-0.05, 0) is 39.3 Å². The fourth-order valence-electron chi connectivity index (χ4n) is 2.98. The molecular weight excluding hydrogens is 355 g/mol. The van der Waals surface area contributed by atoms with E-state index in [2.05, 4.69) is 0 Å². The molecule has 1 fully saturated rings. The summed E-state index contributed by atoms with van der Waals surface area (Å²) in [6, 6.07) is 15.3. The highest BCUT2D eigenvalue weighted by atomic mass is 16.7. The molecule has 1 heterocycles. The topological polar surface area (TPSA) is 54.0 Å². The molecule has 2 aromatic carbocycles. The summed E-state index contributed by atoms with van der Waals surface area (Å²) in [7, 11) is -0.661. The maximum atomic E-state index is 11.6. The predicted molar refractivity (Wildman–Crippen MR) is 109 cm³/mol. The second-order valence-electron chi connectivity index (χ2n) is 7.85. The van der Waals surface area contributed by atoms with Crippen LogP contribution in [0.15, 0.2) is 48.5 Å². The van der Waals surface area contributed by atoms with Crippen molar-refractivity contribution in [3.05, 3.63) is 59.7 Å². The Morgan fingerprint density at radius 1 is 0.929 bits per heavy atom. The molecule has 2 aromatic rings. The first kappa shape index (κ1) is 20.6. The Morgan fingerprint density at radius 3 is 2.25 bits per heavy atom. The Hall–Kier alpha value is -2.15. The summed E-state index contributed by atoms with van der Waals surface area (Å²) in [5.41, 5.74) is 1.25. The number of benzene rings is 2. The van der Waals surface area contributed by atoms with Crippen LogP contribution in [-0.4, -0.2) is 37.8 Å². The van der Waals surface area contributed by atoms with Crippen LogP contribution in [-0.2, 0) is 20.7 Å². The van der Waals surface area contributed by atoms with Crippen molar-refractivity contribution < 1.29 is 23.6 Å². The van der Waals surface area contributed by atoms with Crippen LogP contribution in [0.25, 0.3) is 0 Å². The fourth-order valence-corrected chi connectivity index (χ4v) is 2.98. The molecule has 5 nitrogen and oxygen atoms in total. The molecule has 1 aliphatic rings. The van der Waals surface area contributed by atoms with Gasteiger partial charge in [0.15, 0.2) is 0 Å².